The van der Waals surface area contributed by atoms with Crippen molar-refractivity contribution in [1.29, 1.82) is 0 Å². The molecule has 0 atom stereocenters. The number of anilines is 1. The molecule has 0 saturated heterocycles. The molecule has 94 valence electrons. The van der Waals surface area contributed by atoms with Gasteiger partial charge in [0, 0.05) is 12.1 Å². The molecule has 0 aliphatic carbocycles. The molecule has 0 saturated carbocycles. The lowest BCUT2D eigenvalue weighted by Crippen LogP contribution is -2.10. The number of hydrogen-bond acceptors (Lipinski definition) is 4. The number of aromatic nitrogens is 2. The van der Waals surface area contributed by atoms with Crippen LogP contribution in [-0.2, 0) is 0 Å². The Morgan fingerprint density at radius 3 is 2.61 bits per heavy atom. The van der Waals surface area contributed by atoms with Crippen LogP contribution in [-0.4, -0.2) is 23.3 Å². The molecule has 3 N–H and O–H groups in total. The second kappa shape index (κ2) is 6.12. The molecule has 18 heavy (non-hydrogen) atoms. The van der Waals surface area contributed by atoms with Crippen molar-refractivity contribution in [3.05, 3.63) is 42.0 Å². The summed E-state index contributed by atoms with van der Waals surface area (Å²) in [5.74, 6) is 0.836. The Kier molecular flexibility index (Phi) is 4.25. The number of hydrogen-bond donors (Lipinski definition) is 2. The van der Waals surface area contributed by atoms with Gasteiger partial charge in [-0.05, 0) is 31.5 Å². The fraction of sp³-hybridized carbons (Fsp3) is 0.286. The van der Waals surface area contributed by atoms with Crippen LogP contribution in [0, 0.1) is 6.92 Å². The van der Waals surface area contributed by atoms with Crippen molar-refractivity contribution >= 4 is 5.82 Å². The van der Waals surface area contributed by atoms with Gasteiger partial charge in [-0.1, -0.05) is 30.3 Å². The molecule has 1 aromatic carbocycles. The molecule has 0 spiro atoms. The van der Waals surface area contributed by atoms with Gasteiger partial charge < -0.3 is 11.1 Å². The van der Waals surface area contributed by atoms with Crippen LogP contribution in [0.1, 0.15) is 12.0 Å². The first-order chi connectivity index (χ1) is 8.81. The summed E-state index contributed by atoms with van der Waals surface area (Å²) in [6, 6.07) is 12.1. The van der Waals surface area contributed by atoms with E-state index in [0.717, 1.165) is 35.6 Å². The van der Waals surface area contributed by atoms with E-state index in [1.54, 1.807) is 0 Å². The molecular formula is C14H18N4. The van der Waals surface area contributed by atoms with E-state index in [1.807, 2.05) is 43.3 Å². The quantitative estimate of drug-likeness (QED) is 0.789. The molecule has 2 aromatic rings. The summed E-state index contributed by atoms with van der Waals surface area (Å²) >= 11 is 0. The van der Waals surface area contributed by atoms with Crippen LogP contribution >= 0.6 is 0 Å². The van der Waals surface area contributed by atoms with Gasteiger partial charge in [-0.2, -0.15) is 0 Å². The van der Waals surface area contributed by atoms with Crippen molar-refractivity contribution in [1.82, 2.24) is 10.2 Å². The second-order valence-electron chi connectivity index (χ2n) is 4.20. The van der Waals surface area contributed by atoms with Crippen LogP contribution in [0.2, 0.25) is 0 Å². The van der Waals surface area contributed by atoms with Crippen molar-refractivity contribution in [2.75, 3.05) is 18.4 Å². The van der Waals surface area contributed by atoms with Gasteiger partial charge >= 0.3 is 0 Å². The lowest BCUT2D eigenvalue weighted by atomic mass is 10.1. The summed E-state index contributed by atoms with van der Waals surface area (Å²) in [5, 5.41) is 11.7. The fourth-order valence-corrected chi connectivity index (χ4v) is 1.72. The first-order valence-electron chi connectivity index (χ1n) is 6.15. The molecule has 4 nitrogen and oxygen atoms in total. The second-order valence-corrected chi connectivity index (χ2v) is 4.20. The third-order valence-corrected chi connectivity index (χ3v) is 2.73. The molecule has 1 heterocycles. The largest absolute Gasteiger partial charge is 0.368 e. The predicted octanol–water partition coefficient (Wildman–Crippen LogP) is 2.21. The van der Waals surface area contributed by atoms with Gasteiger partial charge in [-0.3, -0.25) is 0 Å². The minimum atomic E-state index is 0.682. The van der Waals surface area contributed by atoms with Gasteiger partial charge in [-0.25, -0.2) is 0 Å². The minimum absolute atomic E-state index is 0.682. The van der Waals surface area contributed by atoms with Gasteiger partial charge in [0.1, 0.15) is 0 Å². The SMILES string of the molecule is Cc1cc(-c2ccccc2)nnc1NCCCN. The van der Waals surface area contributed by atoms with Crippen molar-refractivity contribution in [3.63, 3.8) is 0 Å². The topological polar surface area (TPSA) is 63.8 Å². The lowest BCUT2D eigenvalue weighted by Gasteiger charge is -2.08. The van der Waals surface area contributed by atoms with Crippen LogP contribution in [0.5, 0.6) is 0 Å². The van der Waals surface area contributed by atoms with E-state index in [2.05, 4.69) is 15.5 Å². The summed E-state index contributed by atoms with van der Waals surface area (Å²) in [4.78, 5) is 0. The maximum atomic E-state index is 5.45. The first-order valence-corrected chi connectivity index (χ1v) is 6.15. The number of benzene rings is 1. The van der Waals surface area contributed by atoms with Gasteiger partial charge in [0.25, 0.3) is 0 Å². The highest BCUT2D eigenvalue weighted by molar-refractivity contribution is 5.61. The monoisotopic (exact) mass is 242 g/mol. The van der Waals surface area contributed by atoms with Gasteiger partial charge in [0.2, 0.25) is 0 Å². The standard InChI is InChI=1S/C14H18N4/c1-11-10-13(12-6-3-2-4-7-12)17-18-14(11)16-9-5-8-15/h2-4,6-7,10H,5,8-9,15H2,1H3,(H,16,18). The number of aryl methyl sites for hydroxylation is 1. The van der Waals surface area contributed by atoms with Crippen molar-refractivity contribution < 1.29 is 0 Å². The van der Waals surface area contributed by atoms with E-state index >= 15 is 0 Å². The van der Waals surface area contributed by atoms with E-state index in [4.69, 9.17) is 5.73 Å². The molecule has 1 aromatic heterocycles. The van der Waals surface area contributed by atoms with Crippen molar-refractivity contribution in [2.45, 2.75) is 13.3 Å². The van der Waals surface area contributed by atoms with E-state index in [1.165, 1.54) is 0 Å². The van der Waals surface area contributed by atoms with Crippen LogP contribution < -0.4 is 11.1 Å². The van der Waals surface area contributed by atoms with Crippen LogP contribution in [0.15, 0.2) is 36.4 Å². The molecular weight excluding hydrogens is 224 g/mol. The molecule has 0 radical (unpaired) electrons. The lowest BCUT2D eigenvalue weighted by molar-refractivity contribution is 0.862. The molecule has 0 aliphatic heterocycles. The molecule has 0 amide bonds. The highest BCUT2D eigenvalue weighted by Crippen LogP contribution is 2.19. The highest BCUT2D eigenvalue weighted by atomic mass is 15.2. The zero-order chi connectivity index (χ0) is 12.8. The zero-order valence-corrected chi connectivity index (χ0v) is 10.6. The van der Waals surface area contributed by atoms with E-state index in [-0.39, 0.29) is 0 Å². The predicted molar refractivity (Wildman–Crippen MR) is 74.4 cm³/mol. The normalized spacial score (nSPS) is 10.3. The Balaban J connectivity index is 2.15. The fourth-order valence-electron chi connectivity index (χ4n) is 1.72. The average Bonchev–Trinajstić information content (AvgIpc) is 2.42. The Morgan fingerprint density at radius 1 is 1.17 bits per heavy atom. The number of rotatable bonds is 5. The van der Waals surface area contributed by atoms with Gasteiger partial charge in [0.15, 0.2) is 5.82 Å². The van der Waals surface area contributed by atoms with Crippen LogP contribution in [0.25, 0.3) is 11.3 Å². The molecule has 0 fully saturated rings. The van der Waals surface area contributed by atoms with Crippen LogP contribution in [0.4, 0.5) is 5.82 Å². The zero-order valence-electron chi connectivity index (χ0n) is 10.6. The molecule has 4 heteroatoms. The Morgan fingerprint density at radius 2 is 1.94 bits per heavy atom. The third-order valence-electron chi connectivity index (χ3n) is 2.73. The van der Waals surface area contributed by atoms with E-state index < -0.39 is 0 Å². The van der Waals surface area contributed by atoms with Crippen LogP contribution in [0.3, 0.4) is 0 Å². The summed E-state index contributed by atoms with van der Waals surface area (Å²) in [7, 11) is 0. The smallest absolute Gasteiger partial charge is 0.151 e. The summed E-state index contributed by atoms with van der Waals surface area (Å²) < 4.78 is 0. The summed E-state index contributed by atoms with van der Waals surface area (Å²) in [5.41, 5.74) is 8.54. The Hall–Kier alpha value is -1.94. The van der Waals surface area contributed by atoms with E-state index in [9.17, 15) is 0 Å². The number of nitrogens with one attached hydrogen (secondary N) is 1. The molecule has 2 rings (SSSR count). The number of nitrogens with zero attached hydrogens (tertiary/aromatic N) is 2. The van der Waals surface area contributed by atoms with Crippen molar-refractivity contribution in [2.24, 2.45) is 5.73 Å². The Labute approximate surface area is 107 Å². The van der Waals surface area contributed by atoms with Crippen molar-refractivity contribution in [3.8, 4) is 11.3 Å². The molecule has 0 unspecified atom stereocenters. The van der Waals surface area contributed by atoms with Gasteiger partial charge in [-0.15, -0.1) is 10.2 Å². The first kappa shape index (κ1) is 12.5. The maximum Gasteiger partial charge on any atom is 0.151 e. The molecule has 0 aliphatic rings. The Bertz CT molecular complexity index is 496. The average molecular weight is 242 g/mol. The summed E-state index contributed by atoms with van der Waals surface area (Å²) in [6.45, 7) is 3.55. The number of nitrogens with two attached hydrogens (primary N) is 1. The molecule has 0 bridgehead atoms. The maximum absolute atomic E-state index is 5.45. The third kappa shape index (κ3) is 3.05. The summed E-state index contributed by atoms with van der Waals surface area (Å²) in [6.07, 6.45) is 0.932. The van der Waals surface area contributed by atoms with Gasteiger partial charge in [0.05, 0.1) is 5.69 Å². The minimum Gasteiger partial charge on any atom is -0.368 e. The van der Waals surface area contributed by atoms with E-state index in [0.29, 0.717) is 6.54 Å². The highest BCUT2D eigenvalue weighted by Gasteiger charge is 2.04.